The number of benzene rings is 2. The van der Waals surface area contributed by atoms with Crippen molar-refractivity contribution in [2.75, 3.05) is 7.11 Å². The summed E-state index contributed by atoms with van der Waals surface area (Å²) in [5.41, 5.74) is 1.46. The van der Waals surface area contributed by atoms with Gasteiger partial charge in [0, 0.05) is 11.1 Å². The van der Waals surface area contributed by atoms with Crippen molar-refractivity contribution in [2.45, 2.75) is 19.8 Å². The number of phenols is 1. The highest BCUT2D eigenvalue weighted by Crippen LogP contribution is 2.38. The molecule has 2 aromatic carbocycles. The second kappa shape index (κ2) is 6.32. The van der Waals surface area contributed by atoms with E-state index in [-0.39, 0.29) is 34.0 Å². The van der Waals surface area contributed by atoms with Gasteiger partial charge in [0.05, 0.1) is 18.2 Å². The lowest BCUT2D eigenvalue weighted by molar-refractivity contribution is 0.0974. The number of phenolic OH excluding ortho intramolecular Hbond substituents is 1. The van der Waals surface area contributed by atoms with E-state index in [0.717, 1.165) is 6.42 Å². The van der Waals surface area contributed by atoms with Crippen LogP contribution in [0, 0.1) is 0 Å². The van der Waals surface area contributed by atoms with Gasteiger partial charge in [0.1, 0.15) is 11.5 Å². The first-order valence-corrected chi connectivity index (χ1v) is 7.86. The van der Waals surface area contributed by atoms with Crippen LogP contribution in [0.15, 0.2) is 42.5 Å². The highest BCUT2D eigenvalue weighted by molar-refractivity contribution is 6.30. The number of carbonyl (C=O) groups excluding carboxylic acids is 2. The first-order valence-electron chi connectivity index (χ1n) is 7.86. The van der Waals surface area contributed by atoms with E-state index < -0.39 is 0 Å². The van der Waals surface area contributed by atoms with Crippen LogP contribution < -0.4 is 4.74 Å². The summed E-state index contributed by atoms with van der Waals surface area (Å²) in [7, 11) is 1.45. The van der Waals surface area contributed by atoms with Gasteiger partial charge in [-0.2, -0.15) is 0 Å². The molecule has 0 spiro atoms. The molecule has 0 atom stereocenters. The predicted octanol–water partition coefficient (Wildman–Crippen LogP) is 3.68. The van der Waals surface area contributed by atoms with Crippen molar-refractivity contribution in [1.82, 2.24) is 0 Å². The van der Waals surface area contributed by atoms with Gasteiger partial charge in [-0.1, -0.05) is 37.3 Å². The van der Waals surface area contributed by atoms with E-state index in [9.17, 15) is 14.7 Å². The Morgan fingerprint density at radius 3 is 2.46 bits per heavy atom. The number of ether oxygens (including phenoxy) is 1. The molecule has 4 heteroatoms. The average molecular weight is 322 g/mol. The zero-order valence-electron chi connectivity index (χ0n) is 13.6. The third kappa shape index (κ3) is 2.40. The fraction of sp³-hybridized carbons (Fsp3) is 0.200. The quantitative estimate of drug-likeness (QED) is 0.744. The molecule has 1 N–H and O–H groups in total. The van der Waals surface area contributed by atoms with Crippen molar-refractivity contribution in [1.29, 1.82) is 0 Å². The van der Waals surface area contributed by atoms with Crippen LogP contribution in [-0.2, 0) is 6.42 Å². The maximum Gasteiger partial charge on any atom is 0.201 e. The van der Waals surface area contributed by atoms with Gasteiger partial charge in [-0.15, -0.1) is 0 Å². The fourth-order valence-electron chi connectivity index (χ4n) is 2.99. The Bertz CT molecular complexity index is 862. The molecule has 3 rings (SSSR count). The first kappa shape index (κ1) is 16.0. The van der Waals surface area contributed by atoms with Crippen molar-refractivity contribution < 1.29 is 19.4 Å². The Balaban J connectivity index is 2.17. The number of ketones is 2. The fourth-order valence-corrected chi connectivity index (χ4v) is 2.99. The third-order valence-electron chi connectivity index (χ3n) is 4.19. The van der Waals surface area contributed by atoms with Crippen LogP contribution in [0.3, 0.4) is 0 Å². The van der Waals surface area contributed by atoms with Crippen molar-refractivity contribution >= 4 is 11.6 Å². The normalized spacial score (nSPS) is 13.1. The molecule has 0 fully saturated rings. The van der Waals surface area contributed by atoms with Crippen LogP contribution in [0.2, 0.25) is 0 Å². The molecule has 0 aromatic heterocycles. The van der Waals surface area contributed by atoms with Crippen LogP contribution in [0.4, 0.5) is 0 Å². The molecule has 0 bridgehead atoms. The van der Waals surface area contributed by atoms with Gasteiger partial charge in [-0.25, -0.2) is 0 Å². The summed E-state index contributed by atoms with van der Waals surface area (Å²) in [4.78, 5) is 25.6. The van der Waals surface area contributed by atoms with Crippen LogP contribution in [0.1, 0.15) is 50.8 Å². The van der Waals surface area contributed by atoms with Gasteiger partial charge in [-0.05, 0) is 30.5 Å². The number of aromatic hydroxyl groups is 1. The molecule has 2 aromatic rings. The Morgan fingerprint density at radius 1 is 1.00 bits per heavy atom. The minimum atomic E-state index is -0.379. The van der Waals surface area contributed by atoms with E-state index >= 15 is 0 Å². The largest absolute Gasteiger partial charge is 0.507 e. The molecule has 0 saturated heterocycles. The molecule has 1 aliphatic carbocycles. The molecule has 0 heterocycles. The highest BCUT2D eigenvalue weighted by Gasteiger charge is 2.34. The third-order valence-corrected chi connectivity index (χ3v) is 4.19. The molecule has 24 heavy (non-hydrogen) atoms. The molecular weight excluding hydrogens is 304 g/mol. The summed E-state index contributed by atoms with van der Waals surface area (Å²) in [6.07, 6.45) is 5.33. The monoisotopic (exact) mass is 322 g/mol. The van der Waals surface area contributed by atoms with Crippen molar-refractivity contribution in [3.63, 3.8) is 0 Å². The van der Waals surface area contributed by atoms with E-state index in [1.54, 1.807) is 30.3 Å². The molecule has 4 nitrogen and oxygen atoms in total. The Labute approximate surface area is 140 Å². The lowest BCUT2D eigenvalue weighted by Crippen LogP contribution is -2.22. The van der Waals surface area contributed by atoms with Gasteiger partial charge >= 0.3 is 0 Å². The topological polar surface area (TPSA) is 63.6 Å². The van der Waals surface area contributed by atoms with E-state index in [2.05, 4.69) is 0 Å². The molecule has 0 amide bonds. The second-order valence-electron chi connectivity index (χ2n) is 5.62. The maximum absolute atomic E-state index is 12.9. The first-order chi connectivity index (χ1) is 11.6. The van der Waals surface area contributed by atoms with E-state index in [1.807, 2.05) is 19.1 Å². The number of fused-ring (bicyclic) bond motifs is 2. The summed E-state index contributed by atoms with van der Waals surface area (Å²) >= 11 is 0. The van der Waals surface area contributed by atoms with Crippen molar-refractivity contribution in [2.24, 2.45) is 0 Å². The SMILES string of the molecule is CC/C=C/Cc1ccc2c(c1O)C(=O)c1c(OC)cccc1C2=O. The summed E-state index contributed by atoms with van der Waals surface area (Å²) in [6, 6.07) is 8.24. The smallest absolute Gasteiger partial charge is 0.201 e. The maximum atomic E-state index is 12.9. The van der Waals surface area contributed by atoms with Crippen LogP contribution in [0.5, 0.6) is 11.5 Å². The molecule has 0 radical (unpaired) electrons. The number of rotatable bonds is 4. The van der Waals surface area contributed by atoms with Gasteiger partial charge < -0.3 is 9.84 Å². The van der Waals surface area contributed by atoms with Gasteiger partial charge in [-0.3, -0.25) is 9.59 Å². The molecule has 1 aliphatic rings. The summed E-state index contributed by atoms with van der Waals surface area (Å²) in [6.45, 7) is 2.02. The van der Waals surface area contributed by atoms with Gasteiger partial charge in [0.2, 0.25) is 5.78 Å². The second-order valence-corrected chi connectivity index (χ2v) is 5.62. The lowest BCUT2D eigenvalue weighted by atomic mass is 9.82. The van der Waals surface area contributed by atoms with E-state index in [4.69, 9.17) is 4.74 Å². The number of allylic oxidation sites excluding steroid dienone is 2. The van der Waals surface area contributed by atoms with Crippen LogP contribution >= 0.6 is 0 Å². The molecule has 122 valence electrons. The minimum Gasteiger partial charge on any atom is -0.507 e. The number of hydrogen-bond donors (Lipinski definition) is 1. The Hall–Kier alpha value is -2.88. The van der Waals surface area contributed by atoms with Crippen molar-refractivity contribution in [3.8, 4) is 11.5 Å². The molecule has 0 aliphatic heterocycles. The number of carbonyl (C=O) groups is 2. The Morgan fingerprint density at radius 2 is 1.75 bits per heavy atom. The minimum absolute atomic E-state index is 0.0689. The van der Waals surface area contributed by atoms with Crippen molar-refractivity contribution in [3.05, 3.63) is 70.3 Å². The van der Waals surface area contributed by atoms with Crippen LogP contribution in [-0.4, -0.2) is 23.8 Å². The average Bonchev–Trinajstić information content (AvgIpc) is 2.60. The standard InChI is InChI=1S/C20H18O4/c1-3-4-5-7-12-10-11-14-17(18(12)21)20(23)16-13(19(14)22)8-6-9-15(16)24-2/h4-6,8-11,21H,3,7H2,1-2H3/b5-4+. The highest BCUT2D eigenvalue weighted by atomic mass is 16.5. The van der Waals surface area contributed by atoms with Gasteiger partial charge in [0.15, 0.2) is 5.78 Å². The van der Waals surface area contributed by atoms with Gasteiger partial charge in [0.25, 0.3) is 0 Å². The zero-order chi connectivity index (χ0) is 17.3. The van der Waals surface area contributed by atoms with E-state index in [1.165, 1.54) is 7.11 Å². The summed E-state index contributed by atoms with van der Waals surface area (Å²) in [5.74, 6) is -0.435. The molecular formula is C20H18O4. The van der Waals surface area contributed by atoms with Crippen LogP contribution in [0.25, 0.3) is 0 Å². The number of hydrogen-bond acceptors (Lipinski definition) is 4. The molecule has 0 saturated carbocycles. The summed E-state index contributed by atoms with van der Waals surface area (Å²) in [5, 5.41) is 10.6. The zero-order valence-corrected chi connectivity index (χ0v) is 13.6. The summed E-state index contributed by atoms with van der Waals surface area (Å²) < 4.78 is 5.23. The van der Waals surface area contributed by atoms with E-state index in [0.29, 0.717) is 23.3 Å². The molecule has 0 unspecified atom stereocenters. The lowest BCUT2D eigenvalue weighted by Gasteiger charge is -2.21. The predicted molar refractivity (Wildman–Crippen MR) is 91.1 cm³/mol. The Kier molecular flexibility index (Phi) is 4.21. The number of methoxy groups -OCH3 is 1.